The molecule has 0 aliphatic carbocycles. The van der Waals surface area contributed by atoms with E-state index in [0.29, 0.717) is 11.7 Å². The van der Waals surface area contributed by atoms with Gasteiger partial charge in [-0.3, -0.25) is 10.1 Å². The average molecular weight is 389 g/mol. The lowest BCUT2D eigenvalue weighted by Crippen LogP contribution is -2.65. The van der Waals surface area contributed by atoms with Gasteiger partial charge in [0.2, 0.25) is 0 Å². The number of benzene rings is 1. The molecule has 0 saturated carbocycles. The van der Waals surface area contributed by atoms with Crippen LogP contribution in [-0.2, 0) is 4.79 Å². The summed E-state index contributed by atoms with van der Waals surface area (Å²) in [6.07, 6.45) is -1.49. The van der Waals surface area contributed by atoms with Gasteiger partial charge in [-0.2, -0.15) is 0 Å². The number of amides is 3. The van der Waals surface area contributed by atoms with Gasteiger partial charge in [-0.15, -0.1) is 0 Å². The van der Waals surface area contributed by atoms with Crippen molar-refractivity contribution < 1.29 is 19.4 Å². The van der Waals surface area contributed by atoms with Crippen molar-refractivity contribution in [1.29, 1.82) is 0 Å². The van der Waals surface area contributed by atoms with Crippen molar-refractivity contribution in [2.45, 2.75) is 45.1 Å². The minimum absolute atomic E-state index is 0.0735. The van der Waals surface area contributed by atoms with E-state index in [2.05, 4.69) is 15.6 Å². The number of guanidine groups is 1. The molecule has 3 rings (SSSR count). The highest BCUT2D eigenvalue weighted by molar-refractivity contribution is 6.03. The maximum absolute atomic E-state index is 12.5. The summed E-state index contributed by atoms with van der Waals surface area (Å²) in [5, 5.41) is 16.1. The summed E-state index contributed by atoms with van der Waals surface area (Å²) in [5.74, 6) is 0.761. The van der Waals surface area contributed by atoms with Gasteiger partial charge in [0.25, 0.3) is 5.91 Å². The average Bonchev–Trinajstić information content (AvgIpc) is 2.97. The Morgan fingerprint density at radius 1 is 1.32 bits per heavy atom. The van der Waals surface area contributed by atoms with Crippen molar-refractivity contribution in [3.8, 4) is 5.75 Å². The van der Waals surface area contributed by atoms with Crippen LogP contribution >= 0.6 is 0 Å². The van der Waals surface area contributed by atoms with Gasteiger partial charge in [0.1, 0.15) is 18.5 Å². The van der Waals surface area contributed by atoms with Gasteiger partial charge in [-0.25, -0.2) is 9.79 Å². The Bertz CT molecular complexity index is 781. The van der Waals surface area contributed by atoms with E-state index in [1.807, 2.05) is 45.0 Å². The van der Waals surface area contributed by atoms with E-state index in [4.69, 9.17) is 4.74 Å². The molecule has 1 aromatic carbocycles. The topological polar surface area (TPSA) is 106 Å². The summed E-state index contributed by atoms with van der Waals surface area (Å²) in [5.41, 5.74) is 0.978. The summed E-state index contributed by atoms with van der Waals surface area (Å²) in [7, 11) is 1.59. The van der Waals surface area contributed by atoms with E-state index >= 15 is 0 Å². The Hall–Kier alpha value is -2.81. The van der Waals surface area contributed by atoms with Gasteiger partial charge in [-0.05, 0) is 32.4 Å². The molecule has 0 radical (unpaired) electrons. The summed E-state index contributed by atoms with van der Waals surface area (Å²) < 4.78 is 5.72. The van der Waals surface area contributed by atoms with Gasteiger partial charge in [0.05, 0.1) is 6.54 Å². The Kier molecular flexibility index (Phi) is 5.73. The number of carbonyl (C=O) groups excluding carboxylic acids is 2. The molecule has 3 unspecified atom stereocenters. The number of likely N-dealkylation sites (N-methyl/N-ethyl adjacent to an activating group) is 1. The number of rotatable bonds is 6. The highest BCUT2D eigenvalue weighted by Gasteiger charge is 2.49. The maximum Gasteiger partial charge on any atom is 0.325 e. The van der Waals surface area contributed by atoms with E-state index in [0.717, 1.165) is 5.56 Å². The monoisotopic (exact) mass is 389 g/mol. The van der Waals surface area contributed by atoms with Crippen molar-refractivity contribution >= 4 is 17.9 Å². The molecule has 2 heterocycles. The molecule has 152 valence electrons. The molecule has 1 aromatic rings. The van der Waals surface area contributed by atoms with Gasteiger partial charge >= 0.3 is 6.03 Å². The van der Waals surface area contributed by atoms with Gasteiger partial charge in [0, 0.05) is 13.1 Å². The standard InChI is InChI=1S/C19H27N5O4/c1-11(2)20-18-21-16-15(17(26)22-19(27)23(16)4)24(18)9-13(25)10-28-14-8-6-5-7-12(14)3/h5-8,11,13,15-16,25H,9-10H2,1-4H3,(H,20,21)(H,22,26,27). The number of urea groups is 1. The van der Waals surface area contributed by atoms with E-state index in [9.17, 15) is 14.7 Å². The molecule has 1 saturated heterocycles. The number of hydrogen-bond acceptors (Lipinski definition) is 7. The zero-order valence-corrected chi connectivity index (χ0v) is 16.5. The van der Waals surface area contributed by atoms with E-state index in [-0.39, 0.29) is 19.2 Å². The zero-order valence-electron chi connectivity index (χ0n) is 16.5. The normalized spacial score (nSPS) is 22.7. The minimum atomic E-state index is -0.853. The lowest BCUT2D eigenvalue weighted by atomic mass is 10.1. The molecule has 28 heavy (non-hydrogen) atoms. The second-order valence-electron chi connectivity index (χ2n) is 7.40. The molecule has 3 N–H and O–H groups in total. The van der Waals surface area contributed by atoms with E-state index in [1.54, 1.807) is 11.9 Å². The number of β-amino-alcohol motifs (C(OH)–C–C–N with tert-alkyl or cyclic N) is 1. The first kappa shape index (κ1) is 19.9. The number of carbonyl (C=O) groups is 2. The summed E-state index contributed by atoms with van der Waals surface area (Å²) in [6, 6.07) is 6.46. The Morgan fingerprint density at radius 2 is 2.04 bits per heavy atom. The number of fused-ring (bicyclic) bond motifs is 1. The fourth-order valence-corrected chi connectivity index (χ4v) is 3.29. The van der Waals surface area contributed by atoms with Gasteiger partial charge < -0.3 is 25.0 Å². The number of hydrogen-bond donors (Lipinski definition) is 3. The number of para-hydroxylation sites is 1. The quantitative estimate of drug-likeness (QED) is 0.645. The van der Waals surface area contributed by atoms with Crippen LogP contribution < -0.4 is 15.4 Å². The van der Waals surface area contributed by atoms with Crippen LogP contribution in [-0.4, -0.2) is 77.4 Å². The first-order chi connectivity index (χ1) is 13.3. The Balaban J connectivity index is 1.72. The van der Waals surface area contributed by atoms with Crippen molar-refractivity contribution in [1.82, 2.24) is 20.4 Å². The number of imide groups is 1. The van der Waals surface area contributed by atoms with E-state index in [1.165, 1.54) is 4.90 Å². The van der Waals surface area contributed by atoms with Crippen LogP contribution in [0.25, 0.3) is 0 Å². The van der Waals surface area contributed by atoms with Crippen molar-refractivity contribution in [3.05, 3.63) is 29.8 Å². The first-order valence-electron chi connectivity index (χ1n) is 9.33. The van der Waals surface area contributed by atoms with Crippen LogP contribution in [0.5, 0.6) is 5.75 Å². The number of nitrogens with zero attached hydrogens (tertiary/aromatic N) is 3. The lowest BCUT2D eigenvalue weighted by molar-refractivity contribution is -0.127. The van der Waals surface area contributed by atoms with Crippen LogP contribution in [0.1, 0.15) is 19.4 Å². The number of ether oxygens (including phenoxy) is 1. The molecule has 0 spiro atoms. The zero-order chi connectivity index (χ0) is 20.4. The van der Waals surface area contributed by atoms with Crippen molar-refractivity contribution in [2.24, 2.45) is 4.99 Å². The molecule has 2 aliphatic heterocycles. The summed E-state index contributed by atoms with van der Waals surface area (Å²) >= 11 is 0. The smallest absolute Gasteiger partial charge is 0.325 e. The maximum atomic E-state index is 12.5. The van der Waals surface area contributed by atoms with Gasteiger partial charge in [0.15, 0.2) is 18.2 Å². The number of aliphatic hydroxyl groups excluding tert-OH is 1. The molecule has 3 atom stereocenters. The molecule has 0 aromatic heterocycles. The summed E-state index contributed by atoms with van der Waals surface area (Å²) in [4.78, 5) is 32.0. The molecule has 9 heteroatoms. The highest BCUT2D eigenvalue weighted by Crippen LogP contribution is 2.24. The largest absolute Gasteiger partial charge is 0.491 e. The third kappa shape index (κ3) is 4.04. The molecule has 9 nitrogen and oxygen atoms in total. The molecule has 3 amide bonds. The van der Waals surface area contributed by atoms with Crippen LogP contribution in [0.3, 0.4) is 0 Å². The predicted molar refractivity (Wildman–Crippen MR) is 104 cm³/mol. The number of aliphatic imine (C=N–C) groups is 1. The SMILES string of the molecule is Cc1ccccc1OCC(O)CN1C(NC(C)C)=NC2C1C(=O)NC(=O)N2C. The third-order valence-electron chi connectivity index (χ3n) is 4.71. The Morgan fingerprint density at radius 3 is 2.71 bits per heavy atom. The Labute approximate surface area is 164 Å². The van der Waals surface area contributed by atoms with Crippen LogP contribution in [0.15, 0.2) is 29.3 Å². The highest BCUT2D eigenvalue weighted by atomic mass is 16.5. The van der Waals surface area contributed by atoms with Crippen molar-refractivity contribution in [2.75, 3.05) is 20.2 Å². The lowest BCUT2D eigenvalue weighted by Gasteiger charge is -2.37. The predicted octanol–water partition coefficient (Wildman–Crippen LogP) is 0.281. The number of nitrogens with one attached hydrogen (secondary N) is 2. The second-order valence-corrected chi connectivity index (χ2v) is 7.40. The van der Waals surface area contributed by atoms with E-state index < -0.39 is 30.2 Å². The van der Waals surface area contributed by atoms with Crippen LogP contribution in [0.4, 0.5) is 4.79 Å². The molecular weight excluding hydrogens is 362 g/mol. The molecule has 1 fully saturated rings. The van der Waals surface area contributed by atoms with Crippen LogP contribution in [0, 0.1) is 6.92 Å². The van der Waals surface area contributed by atoms with Crippen molar-refractivity contribution in [3.63, 3.8) is 0 Å². The second kappa shape index (κ2) is 8.05. The number of aryl methyl sites for hydroxylation is 1. The minimum Gasteiger partial charge on any atom is -0.491 e. The fraction of sp³-hybridized carbons (Fsp3) is 0.526. The fourth-order valence-electron chi connectivity index (χ4n) is 3.29. The van der Waals surface area contributed by atoms with Gasteiger partial charge in [-0.1, -0.05) is 18.2 Å². The molecule has 0 bridgehead atoms. The molecular formula is C19H27N5O4. The first-order valence-corrected chi connectivity index (χ1v) is 9.33. The summed E-state index contributed by atoms with van der Waals surface area (Å²) in [6.45, 7) is 6.05. The number of aliphatic hydroxyl groups is 1. The molecule has 2 aliphatic rings. The third-order valence-corrected chi connectivity index (χ3v) is 4.71. The van der Waals surface area contributed by atoms with Crippen LogP contribution in [0.2, 0.25) is 0 Å².